The molecule has 1 aromatic carbocycles. The van der Waals surface area contributed by atoms with E-state index in [2.05, 4.69) is 16.5 Å². The van der Waals surface area contributed by atoms with Crippen LogP contribution in [0.3, 0.4) is 0 Å². The number of hydrogen-bond donors (Lipinski definition) is 1. The van der Waals surface area contributed by atoms with Crippen LogP contribution in [0.2, 0.25) is 0 Å². The number of hydrogen-bond acceptors (Lipinski definition) is 1. The number of aromatic amines is 1. The average molecular weight is 264 g/mol. The lowest BCUT2D eigenvalue weighted by molar-refractivity contribution is 0.366. The van der Waals surface area contributed by atoms with Gasteiger partial charge in [0.1, 0.15) is 5.82 Å². The molecule has 2 atom stereocenters. The molecule has 0 aliphatic heterocycles. The minimum absolute atomic E-state index is 0.204. The van der Waals surface area contributed by atoms with E-state index < -0.39 is 0 Å². The van der Waals surface area contributed by atoms with Crippen LogP contribution in [0.1, 0.15) is 26.2 Å². The molecule has 0 spiro atoms. The van der Waals surface area contributed by atoms with Crippen LogP contribution in [-0.4, -0.2) is 9.55 Å². The highest BCUT2D eigenvalue weighted by Gasteiger charge is 2.24. The summed E-state index contributed by atoms with van der Waals surface area (Å²) in [6.45, 7) is 3.21. The molecule has 1 aromatic heterocycles. The molecular formula is C14H17FN2S. The largest absolute Gasteiger partial charge is 0.331 e. The van der Waals surface area contributed by atoms with Gasteiger partial charge in [-0.1, -0.05) is 19.8 Å². The second-order valence-electron chi connectivity index (χ2n) is 5.37. The zero-order valence-corrected chi connectivity index (χ0v) is 11.3. The number of fused-ring (bicyclic) bond motifs is 1. The second kappa shape index (κ2) is 4.50. The Morgan fingerprint density at radius 3 is 3.00 bits per heavy atom. The third kappa shape index (κ3) is 1.99. The molecule has 1 aliphatic rings. The molecule has 96 valence electrons. The van der Waals surface area contributed by atoms with Crippen LogP contribution >= 0.6 is 12.2 Å². The first kappa shape index (κ1) is 11.9. The Kier molecular flexibility index (Phi) is 2.98. The van der Waals surface area contributed by atoms with Crippen LogP contribution in [0.4, 0.5) is 4.39 Å². The van der Waals surface area contributed by atoms with E-state index in [0.29, 0.717) is 10.7 Å². The van der Waals surface area contributed by atoms with Crippen LogP contribution in [0.15, 0.2) is 18.2 Å². The second-order valence-corrected chi connectivity index (χ2v) is 5.76. The van der Waals surface area contributed by atoms with E-state index in [1.165, 1.54) is 25.3 Å². The zero-order valence-electron chi connectivity index (χ0n) is 10.4. The van der Waals surface area contributed by atoms with E-state index in [1.54, 1.807) is 12.1 Å². The molecule has 4 heteroatoms. The number of halogens is 1. The molecule has 0 amide bonds. The van der Waals surface area contributed by atoms with Gasteiger partial charge in [0.05, 0.1) is 11.0 Å². The molecule has 1 N–H and O–H groups in total. The van der Waals surface area contributed by atoms with E-state index in [4.69, 9.17) is 12.2 Å². The van der Waals surface area contributed by atoms with E-state index in [-0.39, 0.29) is 5.82 Å². The van der Waals surface area contributed by atoms with Crippen molar-refractivity contribution in [2.45, 2.75) is 32.7 Å². The highest BCUT2D eigenvalue weighted by atomic mass is 32.1. The number of H-pyrrole nitrogens is 1. The number of benzene rings is 1. The third-order valence-corrected chi connectivity index (χ3v) is 4.52. The van der Waals surface area contributed by atoms with Crippen LogP contribution in [-0.2, 0) is 6.54 Å². The smallest absolute Gasteiger partial charge is 0.178 e. The van der Waals surface area contributed by atoms with Gasteiger partial charge in [-0.05, 0) is 48.7 Å². The molecule has 2 aromatic rings. The maximum absolute atomic E-state index is 13.4. The fraction of sp³-hybridized carbons (Fsp3) is 0.500. The van der Waals surface area contributed by atoms with E-state index in [9.17, 15) is 4.39 Å². The van der Waals surface area contributed by atoms with Crippen LogP contribution in [0.25, 0.3) is 11.0 Å². The normalized spacial score (nSPS) is 23.9. The molecule has 1 fully saturated rings. The molecule has 2 nitrogen and oxygen atoms in total. The summed E-state index contributed by atoms with van der Waals surface area (Å²) in [6.07, 6.45) is 3.86. The maximum Gasteiger partial charge on any atom is 0.178 e. The highest BCUT2D eigenvalue weighted by Crippen LogP contribution is 2.33. The lowest BCUT2D eigenvalue weighted by atomic mass is 9.98. The van der Waals surface area contributed by atoms with E-state index in [1.807, 2.05) is 0 Å². The Morgan fingerprint density at radius 1 is 1.44 bits per heavy atom. The van der Waals surface area contributed by atoms with Gasteiger partial charge in [-0.3, -0.25) is 0 Å². The Hall–Kier alpha value is -1.16. The van der Waals surface area contributed by atoms with Gasteiger partial charge in [0, 0.05) is 6.54 Å². The minimum Gasteiger partial charge on any atom is -0.331 e. The van der Waals surface area contributed by atoms with Gasteiger partial charge in [0.25, 0.3) is 0 Å². The lowest BCUT2D eigenvalue weighted by Gasteiger charge is -2.16. The molecule has 1 heterocycles. The van der Waals surface area contributed by atoms with Crippen LogP contribution in [0.5, 0.6) is 0 Å². The van der Waals surface area contributed by atoms with Crippen molar-refractivity contribution in [3.05, 3.63) is 28.8 Å². The Bertz CT molecular complexity index is 628. The van der Waals surface area contributed by atoms with E-state index >= 15 is 0 Å². The van der Waals surface area contributed by atoms with Crippen molar-refractivity contribution >= 4 is 23.3 Å². The average Bonchev–Trinajstić information content (AvgIpc) is 2.86. The number of nitrogens with one attached hydrogen (secondary N) is 1. The number of imidazole rings is 1. The summed E-state index contributed by atoms with van der Waals surface area (Å²) in [7, 11) is 0. The fourth-order valence-electron chi connectivity index (χ4n) is 3.04. The van der Waals surface area contributed by atoms with Crippen molar-refractivity contribution in [2.24, 2.45) is 11.8 Å². The number of aromatic nitrogens is 2. The van der Waals surface area contributed by atoms with Crippen molar-refractivity contribution in [3.8, 4) is 0 Å². The molecule has 1 saturated carbocycles. The standard InChI is InChI=1S/C14H17FN2S/c1-9-3-2-4-10(9)8-17-13-7-11(15)5-6-12(13)16-14(17)18/h5-7,9-10H,2-4,8H2,1H3,(H,16,18). The molecule has 0 bridgehead atoms. The predicted octanol–water partition coefficient (Wildman–Crippen LogP) is 4.27. The SMILES string of the molecule is CC1CCCC1Cn1c(=S)[nH]c2ccc(F)cc21. The summed E-state index contributed by atoms with van der Waals surface area (Å²) in [6, 6.07) is 4.80. The topological polar surface area (TPSA) is 20.7 Å². The number of rotatable bonds is 2. The summed E-state index contributed by atoms with van der Waals surface area (Å²) < 4.78 is 16.1. The van der Waals surface area contributed by atoms with Gasteiger partial charge in [0.15, 0.2) is 4.77 Å². The fourth-order valence-corrected chi connectivity index (χ4v) is 3.32. The predicted molar refractivity (Wildman–Crippen MR) is 73.6 cm³/mol. The Labute approximate surface area is 111 Å². The molecule has 0 radical (unpaired) electrons. The molecule has 1 aliphatic carbocycles. The minimum atomic E-state index is -0.204. The van der Waals surface area contributed by atoms with Crippen molar-refractivity contribution < 1.29 is 4.39 Å². The van der Waals surface area contributed by atoms with Gasteiger partial charge in [-0.15, -0.1) is 0 Å². The maximum atomic E-state index is 13.4. The number of nitrogens with zero attached hydrogens (tertiary/aromatic N) is 1. The molecule has 18 heavy (non-hydrogen) atoms. The molecule has 2 unspecified atom stereocenters. The van der Waals surface area contributed by atoms with Crippen molar-refractivity contribution in [2.75, 3.05) is 0 Å². The first-order valence-electron chi connectivity index (χ1n) is 6.53. The molecular weight excluding hydrogens is 247 g/mol. The molecule has 3 rings (SSSR count). The van der Waals surface area contributed by atoms with Gasteiger partial charge < -0.3 is 9.55 Å². The summed E-state index contributed by atoms with van der Waals surface area (Å²) in [5.41, 5.74) is 1.81. The van der Waals surface area contributed by atoms with Crippen molar-refractivity contribution in [1.29, 1.82) is 0 Å². The Balaban J connectivity index is 2.02. The van der Waals surface area contributed by atoms with Gasteiger partial charge in [0.2, 0.25) is 0 Å². The summed E-state index contributed by atoms with van der Waals surface area (Å²) >= 11 is 5.35. The van der Waals surface area contributed by atoms with E-state index in [0.717, 1.165) is 23.5 Å². The molecule has 0 saturated heterocycles. The first-order chi connectivity index (χ1) is 8.65. The quantitative estimate of drug-likeness (QED) is 0.803. The van der Waals surface area contributed by atoms with Gasteiger partial charge in [-0.2, -0.15) is 0 Å². The monoisotopic (exact) mass is 264 g/mol. The van der Waals surface area contributed by atoms with Crippen LogP contribution < -0.4 is 0 Å². The zero-order chi connectivity index (χ0) is 12.7. The van der Waals surface area contributed by atoms with Crippen molar-refractivity contribution in [3.63, 3.8) is 0 Å². The Morgan fingerprint density at radius 2 is 2.28 bits per heavy atom. The lowest BCUT2D eigenvalue weighted by Crippen LogP contribution is -2.13. The van der Waals surface area contributed by atoms with Crippen molar-refractivity contribution in [1.82, 2.24) is 9.55 Å². The highest BCUT2D eigenvalue weighted by molar-refractivity contribution is 7.71. The summed E-state index contributed by atoms with van der Waals surface area (Å²) in [5.74, 6) is 1.20. The summed E-state index contributed by atoms with van der Waals surface area (Å²) in [4.78, 5) is 3.15. The summed E-state index contributed by atoms with van der Waals surface area (Å²) in [5, 5.41) is 0. The van der Waals surface area contributed by atoms with Crippen LogP contribution in [0, 0.1) is 22.4 Å². The first-order valence-corrected chi connectivity index (χ1v) is 6.94. The third-order valence-electron chi connectivity index (χ3n) is 4.19. The van der Waals surface area contributed by atoms with Gasteiger partial charge >= 0.3 is 0 Å². The van der Waals surface area contributed by atoms with Gasteiger partial charge in [-0.25, -0.2) is 4.39 Å².